The maximum atomic E-state index is 9.40. The molecule has 1 aliphatic rings. The Kier molecular flexibility index (Phi) is 3.54. The second kappa shape index (κ2) is 4.46. The van der Waals surface area contributed by atoms with Gasteiger partial charge in [0.2, 0.25) is 0 Å². The van der Waals surface area contributed by atoms with Gasteiger partial charge >= 0.3 is 0 Å². The highest BCUT2D eigenvalue weighted by Crippen LogP contribution is 2.24. The molecule has 1 rings (SSSR count). The first-order valence-electron chi connectivity index (χ1n) is 4.73. The van der Waals surface area contributed by atoms with Gasteiger partial charge in [0.1, 0.15) is 0 Å². The second-order valence-electron chi connectivity index (χ2n) is 3.59. The molecule has 1 unspecified atom stereocenters. The molecule has 1 nitrogen and oxygen atoms in total. The topological polar surface area (TPSA) is 20.2 Å². The molecule has 0 aliphatic heterocycles. The lowest BCUT2D eigenvalue weighted by atomic mass is 9.91. The minimum atomic E-state index is -0.0883. The second-order valence-corrected chi connectivity index (χ2v) is 3.59. The van der Waals surface area contributed by atoms with Gasteiger partial charge < -0.3 is 5.11 Å². The van der Waals surface area contributed by atoms with E-state index in [0.29, 0.717) is 0 Å². The van der Waals surface area contributed by atoms with Crippen LogP contribution in [0.15, 0.2) is 23.3 Å². The van der Waals surface area contributed by atoms with Crippen LogP contribution in [-0.4, -0.2) is 11.2 Å². The quantitative estimate of drug-likeness (QED) is 0.635. The third-order valence-electron chi connectivity index (χ3n) is 2.42. The molecule has 1 heteroatoms. The predicted octanol–water partition coefficient (Wildman–Crippen LogP) is 2.81. The van der Waals surface area contributed by atoms with Gasteiger partial charge in [-0.2, -0.15) is 0 Å². The standard InChI is InChI=1S/C11H18O/c1-3-9(2)7-10-5-4-6-11(12)8-10/h3,7,11-12H,4-6,8H2,1-2H3/b9-3-,10-7+. The summed E-state index contributed by atoms with van der Waals surface area (Å²) >= 11 is 0. The number of rotatable bonds is 1. The molecule has 0 radical (unpaired) electrons. The van der Waals surface area contributed by atoms with Gasteiger partial charge in [0, 0.05) is 0 Å². The Hall–Kier alpha value is -0.560. The SMILES string of the molecule is C/C=C(C)\C=C1/CCCC(O)C1. The average Bonchev–Trinajstić information content (AvgIpc) is 2.04. The van der Waals surface area contributed by atoms with E-state index >= 15 is 0 Å². The Balaban J connectivity index is 2.56. The number of allylic oxidation sites excluding steroid dienone is 3. The number of aliphatic hydroxyl groups excluding tert-OH is 1. The smallest absolute Gasteiger partial charge is 0.0577 e. The Morgan fingerprint density at radius 1 is 1.58 bits per heavy atom. The summed E-state index contributed by atoms with van der Waals surface area (Å²) in [5, 5.41) is 9.40. The van der Waals surface area contributed by atoms with E-state index in [1.54, 1.807) is 0 Å². The van der Waals surface area contributed by atoms with Crippen molar-refractivity contribution in [3.05, 3.63) is 23.3 Å². The van der Waals surface area contributed by atoms with Gasteiger partial charge in [-0.05, 0) is 39.5 Å². The summed E-state index contributed by atoms with van der Waals surface area (Å²) in [5.74, 6) is 0. The first kappa shape index (κ1) is 9.53. The minimum Gasteiger partial charge on any atom is -0.393 e. The van der Waals surface area contributed by atoms with Crippen LogP contribution in [0.1, 0.15) is 39.5 Å². The van der Waals surface area contributed by atoms with E-state index < -0.39 is 0 Å². The molecule has 1 atom stereocenters. The monoisotopic (exact) mass is 166 g/mol. The molecule has 1 N–H and O–H groups in total. The molecule has 1 fully saturated rings. The molecule has 68 valence electrons. The van der Waals surface area contributed by atoms with Crippen LogP contribution in [-0.2, 0) is 0 Å². The average molecular weight is 166 g/mol. The summed E-state index contributed by atoms with van der Waals surface area (Å²) in [6, 6.07) is 0. The highest BCUT2D eigenvalue weighted by molar-refractivity contribution is 5.22. The van der Waals surface area contributed by atoms with E-state index in [4.69, 9.17) is 0 Å². The van der Waals surface area contributed by atoms with E-state index in [1.807, 2.05) is 6.92 Å². The summed E-state index contributed by atoms with van der Waals surface area (Å²) in [4.78, 5) is 0. The Bertz CT molecular complexity index is 201. The largest absolute Gasteiger partial charge is 0.393 e. The summed E-state index contributed by atoms with van der Waals surface area (Å²) < 4.78 is 0. The molecule has 1 aliphatic carbocycles. The molecule has 0 bridgehead atoms. The zero-order valence-corrected chi connectivity index (χ0v) is 8.01. The van der Waals surface area contributed by atoms with Crippen molar-refractivity contribution in [1.82, 2.24) is 0 Å². The van der Waals surface area contributed by atoms with Gasteiger partial charge in [-0.1, -0.05) is 23.3 Å². The van der Waals surface area contributed by atoms with E-state index in [9.17, 15) is 5.11 Å². The van der Waals surface area contributed by atoms with Crippen molar-refractivity contribution in [1.29, 1.82) is 0 Å². The number of aliphatic hydroxyl groups is 1. The van der Waals surface area contributed by atoms with Gasteiger partial charge in [-0.25, -0.2) is 0 Å². The molecular formula is C11H18O. The fraction of sp³-hybridized carbons (Fsp3) is 0.636. The van der Waals surface area contributed by atoms with Crippen molar-refractivity contribution in [2.24, 2.45) is 0 Å². The Labute approximate surface area is 74.8 Å². The summed E-state index contributed by atoms with van der Waals surface area (Å²) in [6.07, 6.45) is 8.40. The molecule has 0 amide bonds. The van der Waals surface area contributed by atoms with E-state index in [1.165, 1.54) is 17.6 Å². The summed E-state index contributed by atoms with van der Waals surface area (Å²) in [6.45, 7) is 4.15. The molecule has 0 aromatic carbocycles. The van der Waals surface area contributed by atoms with Gasteiger partial charge in [0.05, 0.1) is 6.10 Å². The Morgan fingerprint density at radius 3 is 2.92 bits per heavy atom. The fourth-order valence-corrected chi connectivity index (χ4v) is 1.61. The molecule has 1 saturated carbocycles. The normalized spacial score (nSPS) is 29.4. The van der Waals surface area contributed by atoms with E-state index in [-0.39, 0.29) is 6.10 Å². The van der Waals surface area contributed by atoms with E-state index in [2.05, 4.69) is 19.1 Å². The molecule has 0 aromatic rings. The molecule has 0 spiro atoms. The zero-order chi connectivity index (χ0) is 8.97. The fourth-order valence-electron chi connectivity index (χ4n) is 1.61. The van der Waals surface area contributed by atoms with Crippen molar-refractivity contribution < 1.29 is 5.11 Å². The maximum absolute atomic E-state index is 9.40. The van der Waals surface area contributed by atoms with Crippen LogP contribution < -0.4 is 0 Å². The lowest BCUT2D eigenvalue weighted by Gasteiger charge is -2.19. The van der Waals surface area contributed by atoms with Crippen LogP contribution in [0.4, 0.5) is 0 Å². The highest BCUT2D eigenvalue weighted by atomic mass is 16.3. The van der Waals surface area contributed by atoms with Crippen LogP contribution in [0.25, 0.3) is 0 Å². The van der Waals surface area contributed by atoms with Gasteiger partial charge in [-0.3, -0.25) is 0 Å². The predicted molar refractivity (Wildman–Crippen MR) is 52.0 cm³/mol. The maximum Gasteiger partial charge on any atom is 0.0577 e. The van der Waals surface area contributed by atoms with Gasteiger partial charge in [-0.15, -0.1) is 0 Å². The van der Waals surface area contributed by atoms with Crippen molar-refractivity contribution in [2.45, 2.75) is 45.6 Å². The van der Waals surface area contributed by atoms with Gasteiger partial charge in [0.25, 0.3) is 0 Å². The van der Waals surface area contributed by atoms with Gasteiger partial charge in [0.15, 0.2) is 0 Å². The van der Waals surface area contributed by atoms with E-state index in [0.717, 1.165) is 19.3 Å². The molecular weight excluding hydrogens is 148 g/mol. The van der Waals surface area contributed by atoms with Crippen LogP contribution in [0.2, 0.25) is 0 Å². The van der Waals surface area contributed by atoms with Crippen molar-refractivity contribution in [3.63, 3.8) is 0 Å². The van der Waals surface area contributed by atoms with Crippen LogP contribution >= 0.6 is 0 Å². The highest BCUT2D eigenvalue weighted by Gasteiger charge is 2.13. The molecule has 0 aromatic heterocycles. The van der Waals surface area contributed by atoms with Crippen LogP contribution in [0.3, 0.4) is 0 Å². The lowest BCUT2D eigenvalue weighted by Crippen LogP contribution is -2.12. The summed E-state index contributed by atoms with van der Waals surface area (Å²) in [7, 11) is 0. The Morgan fingerprint density at radius 2 is 2.33 bits per heavy atom. The van der Waals surface area contributed by atoms with Crippen molar-refractivity contribution in [3.8, 4) is 0 Å². The molecule has 0 heterocycles. The third kappa shape index (κ3) is 2.82. The molecule has 12 heavy (non-hydrogen) atoms. The van der Waals surface area contributed by atoms with Crippen LogP contribution in [0.5, 0.6) is 0 Å². The number of hydrogen-bond acceptors (Lipinski definition) is 1. The third-order valence-corrected chi connectivity index (χ3v) is 2.42. The first-order valence-corrected chi connectivity index (χ1v) is 4.73. The van der Waals surface area contributed by atoms with Crippen molar-refractivity contribution in [2.75, 3.05) is 0 Å². The lowest BCUT2D eigenvalue weighted by molar-refractivity contribution is 0.149. The van der Waals surface area contributed by atoms with Crippen LogP contribution in [0, 0.1) is 0 Å². The molecule has 0 saturated heterocycles. The zero-order valence-electron chi connectivity index (χ0n) is 8.01. The minimum absolute atomic E-state index is 0.0883. The number of hydrogen-bond donors (Lipinski definition) is 1. The van der Waals surface area contributed by atoms with Crippen molar-refractivity contribution >= 4 is 0 Å². The first-order chi connectivity index (χ1) is 5.72. The summed E-state index contributed by atoms with van der Waals surface area (Å²) in [5.41, 5.74) is 2.71.